The predicted molar refractivity (Wildman–Crippen MR) is 260 cm³/mol. The van der Waals surface area contributed by atoms with E-state index in [2.05, 4.69) is 86.2 Å². The summed E-state index contributed by atoms with van der Waals surface area (Å²) in [6.07, 6.45) is 0. The molecule has 334 valence electrons. The monoisotopic (exact) mass is 860 g/mol. The van der Waals surface area contributed by atoms with Gasteiger partial charge in [0.1, 0.15) is 57.5 Å². The second kappa shape index (κ2) is 18.7. The maximum absolute atomic E-state index is 12.2. The number of benzene rings is 6. The molecule has 7 nitrogen and oxygen atoms in total. The number of carbonyl (C=O) groups is 1. The Labute approximate surface area is 381 Å². The summed E-state index contributed by atoms with van der Waals surface area (Å²) in [5.41, 5.74) is 14.3. The van der Waals surface area contributed by atoms with Crippen LogP contribution in [0.1, 0.15) is 106 Å². The van der Waals surface area contributed by atoms with Crippen LogP contribution in [0.25, 0.3) is 0 Å². The lowest BCUT2D eigenvalue weighted by molar-refractivity contribution is -0.130. The molecule has 0 aliphatic carbocycles. The summed E-state index contributed by atoms with van der Waals surface area (Å²) in [7, 11) is 0. The molecule has 0 aliphatic heterocycles. The number of aryl methyl sites for hydroxylation is 12. The van der Waals surface area contributed by atoms with Crippen molar-refractivity contribution in [3.8, 4) is 57.5 Å². The van der Waals surface area contributed by atoms with E-state index in [4.69, 9.17) is 28.4 Å². The van der Waals surface area contributed by atoms with Crippen molar-refractivity contribution >= 4 is 5.97 Å². The topological polar surface area (TPSA) is 72.5 Å². The van der Waals surface area contributed by atoms with Gasteiger partial charge in [0.2, 0.25) is 0 Å². The highest BCUT2D eigenvalue weighted by Crippen LogP contribution is 2.43. The largest absolute Gasteiger partial charge is 0.493 e. The van der Waals surface area contributed by atoms with Crippen LogP contribution in [-0.2, 0) is 10.2 Å². The third-order valence-corrected chi connectivity index (χ3v) is 11.8. The fourth-order valence-electron chi connectivity index (χ4n) is 8.49. The Balaban J connectivity index is 1.18. The van der Waals surface area contributed by atoms with Crippen LogP contribution in [0.5, 0.6) is 57.5 Å². The molecular weight excluding hydrogens is 797 g/mol. The molecule has 7 heteroatoms. The van der Waals surface area contributed by atoms with E-state index in [9.17, 15) is 4.79 Å². The van der Waals surface area contributed by atoms with Gasteiger partial charge in [-0.05, 0) is 223 Å². The van der Waals surface area contributed by atoms with Crippen LogP contribution in [-0.4, -0.2) is 12.6 Å². The number of ether oxygens (including phenoxy) is 6. The molecule has 6 aromatic carbocycles. The molecule has 0 unspecified atom stereocenters. The lowest BCUT2D eigenvalue weighted by Gasteiger charge is -2.29. The van der Waals surface area contributed by atoms with Gasteiger partial charge in [-0.1, -0.05) is 44.7 Å². The second-order valence-corrected chi connectivity index (χ2v) is 18.1. The molecule has 6 rings (SSSR count). The number of hydrogen-bond acceptors (Lipinski definition) is 7. The minimum Gasteiger partial charge on any atom is -0.493 e. The SMILES string of the molecule is C=C(C)C(=O)Oc1c(C)cc(Oc2c(C)cc(Oc3c(C)cc(C(C)(C)c4cc(C)c(Oc5cc(C)c(Oc6cc(C)c(OCC)c(C)c6)c(C)c5)c(C)c4)cc3C)cc2C)cc1C. The molecule has 0 saturated heterocycles. The summed E-state index contributed by atoms with van der Waals surface area (Å²) in [6.45, 7) is 37.0. The van der Waals surface area contributed by atoms with Crippen molar-refractivity contribution in [1.29, 1.82) is 0 Å². The highest BCUT2D eigenvalue weighted by molar-refractivity contribution is 5.89. The first-order valence-electron chi connectivity index (χ1n) is 22.0. The minimum absolute atomic E-state index is 0.306. The zero-order chi connectivity index (χ0) is 46.9. The molecule has 0 atom stereocenters. The van der Waals surface area contributed by atoms with Gasteiger partial charge in [-0.2, -0.15) is 0 Å². The smallest absolute Gasteiger partial charge is 0.338 e. The Kier molecular flexibility index (Phi) is 13.7. The first-order valence-corrected chi connectivity index (χ1v) is 22.0. The Morgan fingerprint density at radius 1 is 0.422 bits per heavy atom. The molecule has 0 aliphatic rings. The summed E-state index contributed by atoms with van der Waals surface area (Å²) in [4.78, 5) is 12.2. The molecule has 0 aromatic heterocycles. The van der Waals surface area contributed by atoms with Gasteiger partial charge in [0.15, 0.2) is 0 Å². The Morgan fingerprint density at radius 3 is 0.906 bits per heavy atom. The maximum atomic E-state index is 12.2. The quantitative estimate of drug-likeness (QED) is 0.0613. The summed E-state index contributed by atoms with van der Waals surface area (Å²) in [5.74, 6) is 7.21. The number of rotatable bonds is 14. The molecule has 0 spiro atoms. The molecule has 64 heavy (non-hydrogen) atoms. The molecule has 0 bridgehead atoms. The van der Waals surface area contributed by atoms with Gasteiger partial charge < -0.3 is 28.4 Å². The average Bonchev–Trinajstić information content (AvgIpc) is 3.20. The third-order valence-electron chi connectivity index (χ3n) is 11.8. The number of hydrogen-bond donors (Lipinski definition) is 0. The molecule has 0 saturated carbocycles. The molecule has 6 aromatic rings. The average molecular weight is 861 g/mol. The van der Waals surface area contributed by atoms with Gasteiger partial charge in [0.05, 0.1) is 6.61 Å². The van der Waals surface area contributed by atoms with Crippen LogP contribution < -0.4 is 28.4 Å². The van der Waals surface area contributed by atoms with E-state index in [1.54, 1.807) is 6.92 Å². The third kappa shape index (κ3) is 10.00. The van der Waals surface area contributed by atoms with E-state index in [0.29, 0.717) is 23.7 Å². The van der Waals surface area contributed by atoms with Crippen molar-refractivity contribution in [2.24, 2.45) is 0 Å². The first-order chi connectivity index (χ1) is 30.1. The van der Waals surface area contributed by atoms with Crippen molar-refractivity contribution in [3.63, 3.8) is 0 Å². The van der Waals surface area contributed by atoms with Crippen molar-refractivity contribution in [3.05, 3.63) is 163 Å². The zero-order valence-electron chi connectivity index (χ0n) is 40.7. The van der Waals surface area contributed by atoms with E-state index in [0.717, 1.165) is 113 Å². The van der Waals surface area contributed by atoms with E-state index in [1.165, 1.54) is 11.1 Å². The van der Waals surface area contributed by atoms with Crippen molar-refractivity contribution in [2.45, 2.75) is 116 Å². The lowest BCUT2D eigenvalue weighted by Crippen LogP contribution is -2.20. The van der Waals surface area contributed by atoms with E-state index in [1.807, 2.05) is 97.0 Å². The maximum Gasteiger partial charge on any atom is 0.338 e. The molecular formula is C57H64O7. The first kappa shape index (κ1) is 47.0. The van der Waals surface area contributed by atoms with Gasteiger partial charge in [0, 0.05) is 11.0 Å². The van der Waals surface area contributed by atoms with Crippen LogP contribution in [0.2, 0.25) is 0 Å². The van der Waals surface area contributed by atoms with E-state index in [-0.39, 0.29) is 5.41 Å². The Morgan fingerprint density at radius 2 is 0.656 bits per heavy atom. The summed E-state index contributed by atoms with van der Waals surface area (Å²) < 4.78 is 37.6. The predicted octanol–water partition coefficient (Wildman–Crippen LogP) is 15.8. The molecule has 0 fully saturated rings. The second-order valence-electron chi connectivity index (χ2n) is 18.1. The van der Waals surface area contributed by atoms with Crippen molar-refractivity contribution in [1.82, 2.24) is 0 Å². The fourth-order valence-corrected chi connectivity index (χ4v) is 8.49. The molecule has 0 heterocycles. The Bertz CT molecular complexity index is 2670. The van der Waals surface area contributed by atoms with Crippen LogP contribution in [0.4, 0.5) is 0 Å². The normalized spacial score (nSPS) is 11.3. The van der Waals surface area contributed by atoms with Gasteiger partial charge in [-0.15, -0.1) is 0 Å². The summed E-state index contributed by atoms with van der Waals surface area (Å²) in [6, 6.07) is 24.9. The highest BCUT2D eigenvalue weighted by Gasteiger charge is 2.27. The Hall–Kier alpha value is -6.47. The molecule has 0 N–H and O–H groups in total. The van der Waals surface area contributed by atoms with Crippen LogP contribution in [0.3, 0.4) is 0 Å². The van der Waals surface area contributed by atoms with E-state index >= 15 is 0 Å². The van der Waals surface area contributed by atoms with Crippen molar-refractivity contribution < 1.29 is 33.2 Å². The van der Waals surface area contributed by atoms with Crippen LogP contribution in [0.15, 0.2) is 84.9 Å². The van der Waals surface area contributed by atoms with Crippen LogP contribution in [0, 0.1) is 83.1 Å². The fraction of sp³-hybridized carbons (Fsp3) is 0.316. The minimum atomic E-state index is -0.449. The van der Waals surface area contributed by atoms with Gasteiger partial charge in [-0.25, -0.2) is 4.79 Å². The van der Waals surface area contributed by atoms with Gasteiger partial charge in [0.25, 0.3) is 0 Å². The standard InChI is InChI=1S/C57H64O7/c1-18-59-50-36(8)23-46(24-37(50)9)62-53-38(10)25-47(26-39(53)11)60-51-32(4)19-44(20-33(51)5)57(16,17)45-21-34(6)52(35(7)22-45)61-48-27-40(12)54(41(13)28-48)63-49-29-42(14)55(43(15)30-49)64-56(58)31(2)3/h19-30H,2,18H2,1,3-17H3. The molecule has 0 amide bonds. The zero-order valence-corrected chi connectivity index (χ0v) is 40.7. The van der Waals surface area contributed by atoms with Gasteiger partial charge in [-0.3, -0.25) is 0 Å². The van der Waals surface area contributed by atoms with Crippen molar-refractivity contribution in [2.75, 3.05) is 6.61 Å². The van der Waals surface area contributed by atoms with Gasteiger partial charge >= 0.3 is 5.97 Å². The highest BCUT2D eigenvalue weighted by atomic mass is 16.5. The number of carbonyl (C=O) groups excluding carboxylic acids is 1. The van der Waals surface area contributed by atoms with E-state index < -0.39 is 5.97 Å². The molecule has 0 radical (unpaired) electrons. The summed E-state index contributed by atoms with van der Waals surface area (Å²) >= 11 is 0. The van der Waals surface area contributed by atoms with Crippen LogP contribution >= 0.6 is 0 Å². The summed E-state index contributed by atoms with van der Waals surface area (Å²) in [5, 5.41) is 0. The lowest BCUT2D eigenvalue weighted by atomic mass is 9.76. The number of esters is 1.